The third-order valence-corrected chi connectivity index (χ3v) is 3.81. The Hall–Kier alpha value is -1.15. The van der Waals surface area contributed by atoms with Gasteiger partial charge in [-0.05, 0) is 30.9 Å². The molecule has 1 aromatic carbocycles. The molecule has 0 heterocycles. The number of carbonyl (C=O) groups is 1. The van der Waals surface area contributed by atoms with Crippen molar-refractivity contribution in [2.75, 3.05) is 0 Å². The highest BCUT2D eigenvalue weighted by molar-refractivity contribution is 5.89. The fraction of sp³-hybridized carbons (Fsp3) is 0.533. The van der Waals surface area contributed by atoms with E-state index < -0.39 is 5.60 Å². The molecule has 0 amide bonds. The van der Waals surface area contributed by atoms with Crippen molar-refractivity contribution in [2.45, 2.75) is 51.0 Å². The highest BCUT2D eigenvalue weighted by Gasteiger charge is 2.36. The van der Waals surface area contributed by atoms with Gasteiger partial charge in [0.15, 0.2) is 5.78 Å². The van der Waals surface area contributed by atoms with Crippen LogP contribution in [-0.2, 0) is 11.2 Å². The fourth-order valence-electron chi connectivity index (χ4n) is 2.56. The van der Waals surface area contributed by atoms with Gasteiger partial charge in [0.2, 0.25) is 0 Å². The molecule has 1 N–H and O–H groups in total. The molecular weight excluding hydrogens is 212 g/mol. The smallest absolute Gasteiger partial charge is 0.168 e. The van der Waals surface area contributed by atoms with Crippen LogP contribution in [0.25, 0.3) is 0 Å². The Labute approximate surface area is 103 Å². The van der Waals surface area contributed by atoms with E-state index >= 15 is 0 Å². The van der Waals surface area contributed by atoms with Crippen LogP contribution in [0.15, 0.2) is 24.3 Å². The molecule has 2 heteroatoms. The van der Waals surface area contributed by atoms with Gasteiger partial charge in [0.25, 0.3) is 0 Å². The lowest BCUT2D eigenvalue weighted by atomic mass is 9.79. The van der Waals surface area contributed by atoms with Crippen molar-refractivity contribution in [3.63, 3.8) is 0 Å². The largest absolute Gasteiger partial charge is 0.382 e. The first-order valence-electron chi connectivity index (χ1n) is 6.42. The van der Waals surface area contributed by atoms with E-state index in [9.17, 15) is 9.90 Å². The van der Waals surface area contributed by atoms with Crippen LogP contribution in [-0.4, -0.2) is 16.5 Å². The van der Waals surface area contributed by atoms with Gasteiger partial charge in [-0.15, -0.1) is 0 Å². The molecule has 1 saturated carbocycles. The highest BCUT2D eigenvalue weighted by Crippen LogP contribution is 2.30. The second-order valence-corrected chi connectivity index (χ2v) is 5.12. The summed E-state index contributed by atoms with van der Waals surface area (Å²) < 4.78 is 0. The van der Waals surface area contributed by atoms with Crippen molar-refractivity contribution < 1.29 is 9.90 Å². The van der Waals surface area contributed by atoms with E-state index in [2.05, 4.69) is 0 Å². The van der Waals surface area contributed by atoms with Gasteiger partial charge in [-0.3, -0.25) is 4.79 Å². The minimum Gasteiger partial charge on any atom is -0.382 e. The number of aryl methyl sites for hydroxylation is 1. The van der Waals surface area contributed by atoms with Crippen LogP contribution in [0, 0.1) is 6.92 Å². The van der Waals surface area contributed by atoms with Gasteiger partial charge in [-0.2, -0.15) is 0 Å². The van der Waals surface area contributed by atoms with Crippen LogP contribution < -0.4 is 0 Å². The first-order chi connectivity index (χ1) is 8.12. The standard InChI is InChI=1S/C15H20O2/c1-12-7-3-4-8-13(12)11-14(16)15(17)9-5-2-6-10-15/h3-4,7-8,17H,2,5-6,9-11H2,1H3. The third kappa shape index (κ3) is 2.75. The number of rotatable bonds is 3. The van der Waals surface area contributed by atoms with Crippen molar-refractivity contribution >= 4 is 5.78 Å². The minimum absolute atomic E-state index is 0.00787. The number of hydrogen-bond donors (Lipinski definition) is 1. The Kier molecular flexibility index (Phi) is 3.63. The number of aliphatic hydroxyl groups is 1. The second-order valence-electron chi connectivity index (χ2n) is 5.12. The van der Waals surface area contributed by atoms with Gasteiger partial charge in [0.05, 0.1) is 0 Å². The minimum atomic E-state index is -1.06. The lowest BCUT2D eigenvalue weighted by molar-refractivity contribution is -0.139. The quantitative estimate of drug-likeness (QED) is 0.870. The van der Waals surface area contributed by atoms with Crippen LogP contribution in [0.5, 0.6) is 0 Å². The van der Waals surface area contributed by atoms with Crippen molar-refractivity contribution in [3.05, 3.63) is 35.4 Å². The van der Waals surface area contributed by atoms with E-state index in [1.165, 1.54) is 0 Å². The summed E-state index contributed by atoms with van der Waals surface area (Å²) in [5.74, 6) is -0.00787. The second kappa shape index (κ2) is 5.01. The van der Waals surface area contributed by atoms with E-state index in [1.807, 2.05) is 31.2 Å². The average molecular weight is 232 g/mol. The monoisotopic (exact) mass is 232 g/mol. The maximum Gasteiger partial charge on any atom is 0.168 e. The Bertz CT molecular complexity index is 403. The lowest BCUT2D eigenvalue weighted by Crippen LogP contribution is -2.41. The molecule has 0 spiro atoms. The molecule has 1 fully saturated rings. The normalized spacial score (nSPS) is 18.9. The van der Waals surface area contributed by atoms with Gasteiger partial charge in [0, 0.05) is 6.42 Å². The maximum atomic E-state index is 12.2. The zero-order chi connectivity index (χ0) is 12.3. The van der Waals surface area contributed by atoms with Crippen LogP contribution >= 0.6 is 0 Å². The first-order valence-corrected chi connectivity index (χ1v) is 6.42. The fourth-order valence-corrected chi connectivity index (χ4v) is 2.56. The van der Waals surface area contributed by atoms with Gasteiger partial charge in [-0.25, -0.2) is 0 Å². The van der Waals surface area contributed by atoms with Gasteiger partial charge >= 0.3 is 0 Å². The van der Waals surface area contributed by atoms with E-state index in [-0.39, 0.29) is 5.78 Å². The van der Waals surface area contributed by atoms with Gasteiger partial charge in [-0.1, -0.05) is 43.5 Å². The summed E-state index contributed by atoms with van der Waals surface area (Å²) in [5.41, 5.74) is 1.11. The van der Waals surface area contributed by atoms with Crippen LogP contribution in [0.1, 0.15) is 43.2 Å². The predicted octanol–water partition coefficient (Wildman–Crippen LogP) is 2.80. The van der Waals surface area contributed by atoms with Crippen molar-refractivity contribution in [3.8, 4) is 0 Å². The molecule has 0 atom stereocenters. The molecule has 2 rings (SSSR count). The Morgan fingerprint density at radius 1 is 1.24 bits per heavy atom. The van der Waals surface area contributed by atoms with Crippen LogP contribution in [0.4, 0.5) is 0 Å². The summed E-state index contributed by atoms with van der Waals surface area (Å²) in [4.78, 5) is 12.2. The average Bonchev–Trinajstić information content (AvgIpc) is 2.33. The molecule has 0 aromatic heterocycles. The van der Waals surface area contributed by atoms with Crippen LogP contribution in [0.2, 0.25) is 0 Å². The van der Waals surface area contributed by atoms with Crippen molar-refractivity contribution in [1.82, 2.24) is 0 Å². The Morgan fingerprint density at radius 3 is 2.53 bits per heavy atom. The number of Topliss-reactive ketones (excluding diaryl/α,β-unsaturated/α-hetero) is 1. The number of carbonyl (C=O) groups excluding carboxylic acids is 1. The molecule has 2 nitrogen and oxygen atoms in total. The molecule has 0 saturated heterocycles. The molecule has 0 bridgehead atoms. The van der Waals surface area contributed by atoms with Crippen LogP contribution in [0.3, 0.4) is 0 Å². The predicted molar refractivity (Wildman–Crippen MR) is 67.9 cm³/mol. The topological polar surface area (TPSA) is 37.3 Å². The van der Waals surface area contributed by atoms with Gasteiger partial charge in [0.1, 0.15) is 5.60 Å². The first kappa shape index (κ1) is 12.3. The van der Waals surface area contributed by atoms with E-state index in [4.69, 9.17) is 0 Å². The third-order valence-electron chi connectivity index (χ3n) is 3.81. The molecular formula is C15H20O2. The van der Waals surface area contributed by atoms with Crippen molar-refractivity contribution in [2.24, 2.45) is 0 Å². The lowest BCUT2D eigenvalue weighted by Gasteiger charge is -2.30. The molecule has 1 aliphatic carbocycles. The van der Waals surface area contributed by atoms with E-state index in [0.717, 1.165) is 30.4 Å². The molecule has 92 valence electrons. The summed E-state index contributed by atoms with van der Waals surface area (Å²) in [5, 5.41) is 10.3. The highest BCUT2D eigenvalue weighted by atomic mass is 16.3. The number of hydrogen-bond acceptors (Lipinski definition) is 2. The number of ketones is 1. The van der Waals surface area contributed by atoms with Crippen molar-refractivity contribution in [1.29, 1.82) is 0 Å². The molecule has 0 radical (unpaired) electrons. The van der Waals surface area contributed by atoms with E-state index in [0.29, 0.717) is 19.3 Å². The summed E-state index contributed by atoms with van der Waals surface area (Å²) in [6.45, 7) is 2.01. The molecule has 0 aliphatic heterocycles. The zero-order valence-electron chi connectivity index (χ0n) is 10.4. The zero-order valence-corrected chi connectivity index (χ0v) is 10.4. The number of benzene rings is 1. The Balaban J connectivity index is 2.08. The summed E-state index contributed by atoms with van der Waals surface area (Å²) in [6, 6.07) is 7.89. The molecule has 1 aromatic rings. The molecule has 0 unspecified atom stereocenters. The van der Waals surface area contributed by atoms with E-state index in [1.54, 1.807) is 0 Å². The van der Waals surface area contributed by atoms with Gasteiger partial charge < -0.3 is 5.11 Å². The Morgan fingerprint density at radius 2 is 1.88 bits per heavy atom. The summed E-state index contributed by atoms with van der Waals surface area (Å²) in [6.07, 6.45) is 4.71. The SMILES string of the molecule is Cc1ccccc1CC(=O)C1(O)CCCCC1. The maximum absolute atomic E-state index is 12.2. The molecule has 1 aliphatic rings. The summed E-state index contributed by atoms with van der Waals surface area (Å²) in [7, 11) is 0. The summed E-state index contributed by atoms with van der Waals surface area (Å²) >= 11 is 0. The molecule has 17 heavy (non-hydrogen) atoms.